The number of aryl methyl sites for hydroxylation is 1. The number of hydrogen-bond acceptors (Lipinski definition) is 6. The number of aliphatic carboxylic acids is 1. The fraction of sp³-hybridized carbons (Fsp3) is 0.345. The molecule has 40 heavy (non-hydrogen) atoms. The second-order valence-electron chi connectivity index (χ2n) is 9.73. The first-order valence-corrected chi connectivity index (χ1v) is 14.1. The molecule has 1 amide bonds. The van der Waals surface area contributed by atoms with Crippen molar-refractivity contribution in [3.05, 3.63) is 70.4 Å². The van der Waals surface area contributed by atoms with Gasteiger partial charge < -0.3 is 15.7 Å². The molecule has 4 N–H and O–H groups in total. The largest absolute Gasteiger partial charge is 0.481 e. The van der Waals surface area contributed by atoms with Gasteiger partial charge in [-0.05, 0) is 68.3 Å². The first-order valence-electron chi connectivity index (χ1n) is 13.1. The minimum absolute atomic E-state index is 0.225. The molecule has 1 aliphatic rings. The normalized spacial score (nSPS) is 15.5. The number of piperazine rings is 1. The molecule has 1 aliphatic heterocycles. The van der Waals surface area contributed by atoms with Gasteiger partial charge in [-0.25, -0.2) is 9.22 Å². The van der Waals surface area contributed by atoms with E-state index >= 15 is 0 Å². The van der Waals surface area contributed by atoms with Crippen LogP contribution in [0.5, 0.6) is 0 Å². The molecule has 0 saturated carbocycles. The molecule has 0 bridgehead atoms. The molecular weight excluding hydrogens is 530 g/mol. The van der Waals surface area contributed by atoms with E-state index in [0.29, 0.717) is 43.5 Å². The highest BCUT2D eigenvalue weighted by Gasteiger charge is 2.30. The SMILES string of the molecule is CCc1nc2ccc(C#Cc3ccc(N4CCN(N(C(C)CC(=O)O)S(=O)O)CC4)cc3)cc2c(C(N)=O)c1C. The molecular formula is C29H33N5O5S. The number of pyridine rings is 1. The van der Waals surface area contributed by atoms with E-state index in [2.05, 4.69) is 21.7 Å². The second kappa shape index (κ2) is 12.6. The van der Waals surface area contributed by atoms with Crippen molar-refractivity contribution < 1.29 is 23.5 Å². The Morgan fingerprint density at radius 3 is 2.30 bits per heavy atom. The minimum atomic E-state index is -2.30. The van der Waals surface area contributed by atoms with E-state index in [9.17, 15) is 18.4 Å². The topological polar surface area (TPSA) is 140 Å². The Kier molecular flexibility index (Phi) is 9.17. The van der Waals surface area contributed by atoms with Gasteiger partial charge in [0.25, 0.3) is 0 Å². The lowest BCUT2D eigenvalue weighted by Gasteiger charge is -2.41. The van der Waals surface area contributed by atoms with Crippen LogP contribution in [0, 0.1) is 18.8 Å². The Labute approximate surface area is 236 Å². The van der Waals surface area contributed by atoms with Crippen molar-refractivity contribution in [1.29, 1.82) is 0 Å². The van der Waals surface area contributed by atoms with Crippen LogP contribution in [0.3, 0.4) is 0 Å². The molecule has 3 aromatic rings. The van der Waals surface area contributed by atoms with Gasteiger partial charge >= 0.3 is 5.97 Å². The maximum atomic E-state index is 12.2. The van der Waals surface area contributed by atoms with Crippen LogP contribution >= 0.6 is 0 Å². The van der Waals surface area contributed by atoms with Gasteiger partial charge in [-0.2, -0.15) is 0 Å². The van der Waals surface area contributed by atoms with Crippen LogP contribution in [0.2, 0.25) is 0 Å². The Balaban J connectivity index is 1.46. The zero-order valence-corrected chi connectivity index (χ0v) is 23.6. The summed E-state index contributed by atoms with van der Waals surface area (Å²) in [4.78, 5) is 30.1. The fourth-order valence-electron chi connectivity index (χ4n) is 5.06. The molecule has 1 saturated heterocycles. The molecule has 0 radical (unpaired) electrons. The number of rotatable bonds is 8. The van der Waals surface area contributed by atoms with Crippen LogP contribution in [0.15, 0.2) is 42.5 Å². The van der Waals surface area contributed by atoms with Crippen LogP contribution in [0.25, 0.3) is 10.9 Å². The molecule has 2 aromatic carbocycles. The van der Waals surface area contributed by atoms with Gasteiger partial charge in [0.15, 0.2) is 0 Å². The zero-order chi connectivity index (χ0) is 29.0. The predicted molar refractivity (Wildman–Crippen MR) is 155 cm³/mol. The molecule has 1 fully saturated rings. The van der Waals surface area contributed by atoms with E-state index < -0.39 is 29.2 Å². The summed E-state index contributed by atoms with van der Waals surface area (Å²) < 4.78 is 22.8. The van der Waals surface area contributed by atoms with Crippen LogP contribution in [0.4, 0.5) is 5.69 Å². The maximum absolute atomic E-state index is 12.2. The number of hydrogen-bond donors (Lipinski definition) is 3. The van der Waals surface area contributed by atoms with E-state index in [-0.39, 0.29) is 6.42 Å². The summed E-state index contributed by atoms with van der Waals surface area (Å²) in [6.07, 6.45) is 0.486. The molecule has 10 nitrogen and oxygen atoms in total. The van der Waals surface area contributed by atoms with Gasteiger partial charge in [0.05, 0.1) is 17.5 Å². The Hall–Kier alpha value is -3.82. The molecule has 2 heterocycles. The van der Waals surface area contributed by atoms with Crippen LogP contribution in [0.1, 0.15) is 53.0 Å². The number of nitrogens with zero attached hydrogens (tertiary/aromatic N) is 4. The third-order valence-corrected chi connectivity index (χ3v) is 7.95. The van der Waals surface area contributed by atoms with Gasteiger partial charge in [-0.3, -0.25) is 19.1 Å². The first-order chi connectivity index (χ1) is 19.1. The molecule has 1 aromatic heterocycles. The number of carbonyl (C=O) groups excluding carboxylic acids is 1. The maximum Gasteiger partial charge on any atom is 0.305 e. The van der Waals surface area contributed by atoms with Crippen molar-refractivity contribution in [1.82, 2.24) is 14.4 Å². The monoisotopic (exact) mass is 563 g/mol. The van der Waals surface area contributed by atoms with Crippen molar-refractivity contribution in [2.24, 2.45) is 5.73 Å². The molecule has 11 heteroatoms. The van der Waals surface area contributed by atoms with Gasteiger partial charge in [0.1, 0.15) is 0 Å². The standard InChI is InChI=1S/C29H33N5O5S/c1-4-25-20(3)28(29(30)37)24-18-22(9-12-26(24)31-25)6-5-21-7-10-23(11-8-21)32-13-15-33(16-14-32)34(40(38)39)19(2)17-27(35)36/h7-12,18-19H,4,13-17H2,1-3H3,(H2,30,37)(H,35,36)(H,38,39). The first kappa shape index (κ1) is 29.2. The van der Waals surface area contributed by atoms with E-state index in [1.165, 1.54) is 4.41 Å². The Morgan fingerprint density at radius 2 is 1.73 bits per heavy atom. The molecule has 210 valence electrons. The summed E-state index contributed by atoms with van der Waals surface area (Å²) in [7, 11) is 0. The molecule has 2 unspecified atom stereocenters. The van der Waals surface area contributed by atoms with Crippen LogP contribution < -0.4 is 10.6 Å². The number of amides is 1. The number of anilines is 1. The summed E-state index contributed by atoms with van der Waals surface area (Å²) in [5.41, 5.74) is 11.2. The minimum Gasteiger partial charge on any atom is -0.481 e. The number of carbonyl (C=O) groups is 2. The predicted octanol–water partition coefficient (Wildman–Crippen LogP) is 2.94. The van der Waals surface area contributed by atoms with E-state index in [1.54, 1.807) is 11.9 Å². The molecule has 0 spiro atoms. The number of primary amides is 1. The van der Waals surface area contributed by atoms with Crippen molar-refractivity contribution >= 4 is 39.7 Å². The van der Waals surface area contributed by atoms with Gasteiger partial charge in [-0.1, -0.05) is 18.8 Å². The fourth-order valence-corrected chi connectivity index (χ4v) is 5.81. The summed E-state index contributed by atoms with van der Waals surface area (Å²) in [6, 6.07) is 12.8. The second-order valence-corrected chi connectivity index (χ2v) is 10.6. The van der Waals surface area contributed by atoms with Crippen molar-refractivity contribution in [2.75, 3.05) is 31.1 Å². The van der Waals surface area contributed by atoms with Crippen LogP contribution in [-0.4, -0.2) is 72.4 Å². The average Bonchev–Trinajstić information content (AvgIpc) is 2.91. The number of aromatic nitrogens is 1. The van der Waals surface area contributed by atoms with E-state index in [4.69, 9.17) is 10.8 Å². The highest BCUT2D eigenvalue weighted by molar-refractivity contribution is 7.76. The number of benzene rings is 2. The summed E-state index contributed by atoms with van der Waals surface area (Å²) in [5, 5.41) is 11.5. The quantitative estimate of drug-likeness (QED) is 0.281. The van der Waals surface area contributed by atoms with Gasteiger partial charge in [-0.15, -0.1) is 4.41 Å². The van der Waals surface area contributed by atoms with E-state index in [0.717, 1.165) is 33.6 Å². The molecule has 2 atom stereocenters. The smallest absolute Gasteiger partial charge is 0.305 e. The van der Waals surface area contributed by atoms with Crippen LogP contribution in [-0.2, 0) is 22.5 Å². The van der Waals surface area contributed by atoms with Gasteiger partial charge in [0.2, 0.25) is 17.2 Å². The summed E-state index contributed by atoms with van der Waals surface area (Å²) >= 11 is -2.30. The molecule has 4 rings (SSSR count). The highest BCUT2D eigenvalue weighted by Crippen LogP contribution is 2.25. The van der Waals surface area contributed by atoms with Gasteiger partial charge in [0, 0.05) is 60.1 Å². The lowest BCUT2D eigenvalue weighted by molar-refractivity contribution is -0.139. The third-order valence-electron chi connectivity index (χ3n) is 7.04. The lowest BCUT2D eigenvalue weighted by atomic mass is 9.98. The Morgan fingerprint density at radius 1 is 1.10 bits per heavy atom. The van der Waals surface area contributed by atoms with Crippen molar-refractivity contribution in [2.45, 2.75) is 39.7 Å². The Bertz CT molecular complexity index is 1510. The molecule has 0 aliphatic carbocycles. The number of hydrazine groups is 1. The zero-order valence-electron chi connectivity index (χ0n) is 22.8. The number of carboxylic acid groups (broad SMARTS) is 1. The van der Waals surface area contributed by atoms with E-state index in [1.807, 2.05) is 56.3 Å². The third kappa shape index (κ3) is 6.48. The number of carboxylic acids is 1. The van der Waals surface area contributed by atoms with Crippen molar-refractivity contribution in [3.8, 4) is 11.8 Å². The number of fused-ring (bicyclic) bond motifs is 1. The summed E-state index contributed by atoms with van der Waals surface area (Å²) in [5.74, 6) is 4.85. The summed E-state index contributed by atoms with van der Waals surface area (Å²) in [6.45, 7) is 7.70. The number of nitrogens with two attached hydrogens (primary N) is 1. The average molecular weight is 564 g/mol. The lowest BCUT2D eigenvalue weighted by Crippen LogP contribution is -2.57. The van der Waals surface area contributed by atoms with Crippen molar-refractivity contribution in [3.63, 3.8) is 0 Å². The highest BCUT2D eigenvalue weighted by atomic mass is 32.2.